The van der Waals surface area contributed by atoms with Crippen LogP contribution in [0.2, 0.25) is 0 Å². The van der Waals surface area contributed by atoms with Crippen molar-refractivity contribution in [3.63, 3.8) is 0 Å². The van der Waals surface area contributed by atoms with Gasteiger partial charge >= 0.3 is 0 Å². The molecule has 0 radical (unpaired) electrons. The number of halogens is 1. The second kappa shape index (κ2) is 8.44. The zero-order valence-corrected chi connectivity index (χ0v) is 12.8. The predicted octanol–water partition coefficient (Wildman–Crippen LogP) is -0.275. The Balaban J connectivity index is 0.00000200. The fraction of sp³-hybridized carbons (Fsp3) is 0.846. The quantitative estimate of drug-likeness (QED) is 0.779. The maximum Gasteiger partial charge on any atom is 0.248 e. The van der Waals surface area contributed by atoms with Crippen molar-refractivity contribution in [3.05, 3.63) is 0 Å². The van der Waals surface area contributed by atoms with Crippen LogP contribution >= 0.6 is 12.4 Å². The number of hydrogen-bond donors (Lipinski definition) is 1. The van der Waals surface area contributed by atoms with E-state index >= 15 is 0 Å². The Morgan fingerprint density at radius 2 is 1.85 bits per heavy atom. The second-order valence-corrected chi connectivity index (χ2v) is 5.18. The molecule has 2 rings (SSSR count). The average molecular weight is 306 g/mol. The molecular formula is C13H24ClN3O3. The molecule has 0 aromatic carbocycles. The summed E-state index contributed by atoms with van der Waals surface area (Å²) in [5.74, 6) is 0.370. The van der Waals surface area contributed by atoms with Gasteiger partial charge in [0.15, 0.2) is 0 Å². The SMILES string of the molecule is COCC(=O)N1CCN(C(=O)C2CCCNC2)CC1.Cl. The zero-order valence-electron chi connectivity index (χ0n) is 12.0. The lowest BCUT2D eigenvalue weighted by atomic mass is 9.98. The van der Waals surface area contributed by atoms with E-state index < -0.39 is 0 Å². The molecule has 20 heavy (non-hydrogen) atoms. The van der Waals surface area contributed by atoms with Crippen molar-refractivity contribution in [1.29, 1.82) is 0 Å². The molecule has 1 atom stereocenters. The van der Waals surface area contributed by atoms with Crippen molar-refractivity contribution < 1.29 is 14.3 Å². The Morgan fingerprint density at radius 3 is 2.40 bits per heavy atom. The highest BCUT2D eigenvalue weighted by atomic mass is 35.5. The smallest absolute Gasteiger partial charge is 0.248 e. The monoisotopic (exact) mass is 305 g/mol. The van der Waals surface area contributed by atoms with Gasteiger partial charge in [-0.15, -0.1) is 12.4 Å². The molecule has 6 nitrogen and oxygen atoms in total. The van der Waals surface area contributed by atoms with E-state index in [4.69, 9.17) is 4.74 Å². The Kier molecular flexibility index (Phi) is 7.26. The first-order valence-electron chi connectivity index (χ1n) is 6.98. The fourth-order valence-corrected chi connectivity index (χ4v) is 2.71. The highest BCUT2D eigenvalue weighted by Gasteiger charge is 2.29. The van der Waals surface area contributed by atoms with Gasteiger partial charge in [-0.25, -0.2) is 0 Å². The van der Waals surface area contributed by atoms with Gasteiger partial charge in [-0.3, -0.25) is 9.59 Å². The lowest BCUT2D eigenvalue weighted by molar-refractivity contribution is -0.144. The van der Waals surface area contributed by atoms with E-state index in [0.29, 0.717) is 26.2 Å². The van der Waals surface area contributed by atoms with Crippen LogP contribution in [-0.2, 0) is 14.3 Å². The van der Waals surface area contributed by atoms with Crippen molar-refractivity contribution >= 4 is 24.2 Å². The van der Waals surface area contributed by atoms with Gasteiger partial charge in [-0.2, -0.15) is 0 Å². The first-order chi connectivity index (χ1) is 9.22. The number of carbonyl (C=O) groups is 2. The first kappa shape index (κ1) is 17.2. The third-order valence-electron chi connectivity index (χ3n) is 3.86. The number of amides is 2. The largest absolute Gasteiger partial charge is 0.375 e. The minimum Gasteiger partial charge on any atom is -0.375 e. The normalized spacial score (nSPS) is 23.1. The Bertz CT molecular complexity index is 327. The molecule has 2 aliphatic heterocycles. The van der Waals surface area contributed by atoms with Crippen molar-refractivity contribution in [2.75, 3.05) is 53.0 Å². The van der Waals surface area contributed by atoms with E-state index in [9.17, 15) is 9.59 Å². The number of nitrogens with one attached hydrogen (secondary N) is 1. The summed E-state index contributed by atoms with van der Waals surface area (Å²) in [5, 5.41) is 3.27. The van der Waals surface area contributed by atoms with Crippen molar-refractivity contribution in [2.45, 2.75) is 12.8 Å². The van der Waals surface area contributed by atoms with Crippen LogP contribution in [0, 0.1) is 5.92 Å². The summed E-state index contributed by atoms with van der Waals surface area (Å²) in [6, 6.07) is 0. The van der Waals surface area contributed by atoms with Crippen LogP contribution in [0.3, 0.4) is 0 Å². The standard InChI is InChI=1S/C13H23N3O3.ClH/c1-19-10-12(17)15-5-7-16(8-6-15)13(18)11-3-2-4-14-9-11;/h11,14H,2-10H2,1H3;1H. The molecule has 0 aromatic rings. The number of ether oxygens (including phenoxy) is 1. The molecule has 2 fully saturated rings. The summed E-state index contributed by atoms with van der Waals surface area (Å²) >= 11 is 0. The Hall–Kier alpha value is -0.850. The summed E-state index contributed by atoms with van der Waals surface area (Å²) in [5.41, 5.74) is 0. The van der Waals surface area contributed by atoms with Gasteiger partial charge in [0.2, 0.25) is 11.8 Å². The van der Waals surface area contributed by atoms with Gasteiger partial charge < -0.3 is 19.9 Å². The molecule has 2 amide bonds. The highest BCUT2D eigenvalue weighted by molar-refractivity contribution is 5.85. The van der Waals surface area contributed by atoms with Crippen LogP contribution in [0.4, 0.5) is 0 Å². The number of methoxy groups -OCH3 is 1. The van der Waals surface area contributed by atoms with Crippen LogP contribution < -0.4 is 5.32 Å². The fourth-order valence-electron chi connectivity index (χ4n) is 2.71. The van der Waals surface area contributed by atoms with Crippen LogP contribution in [-0.4, -0.2) is 74.6 Å². The number of carbonyl (C=O) groups excluding carboxylic acids is 2. The summed E-state index contributed by atoms with van der Waals surface area (Å²) in [7, 11) is 1.52. The lowest BCUT2D eigenvalue weighted by Gasteiger charge is -2.37. The molecule has 7 heteroatoms. The zero-order chi connectivity index (χ0) is 13.7. The van der Waals surface area contributed by atoms with Crippen molar-refractivity contribution in [2.24, 2.45) is 5.92 Å². The minimum absolute atomic E-state index is 0. The molecule has 0 spiro atoms. The van der Waals surface area contributed by atoms with Gasteiger partial charge in [-0.05, 0) is 19.4 Å². The van der Waals surface area contributed by atoms with Crippen molar-refractivity contribution in [3.8, 4) is 0 Å². The lowest BCUT2D eigenvalue weighted by Crippen LogP contribution is -2.53. The van der Waals surface area contributed by atoms with Gasteiger partial charge in [0.1, 0.15) is 6.61 Å². The highest BCUT2D eigenvalue weighted by Crippen LogP contribution is 2.15. The van der Waals surface area contributed by atoms with E-state index in [2.05, 4.69) is 5.32 Å². The molecule has 2 saturated heterocycles. The van der Waals surface area contributed by atoms with Crippen LogP contribution in [0.25, 0.3) is 0 Å². The maximum atomic E-state index is 12.3. The topological polar surface area (TPSA) is 61.9 Å². The predicted molar refractivity (Wildman–Crippen MR) is 77.9 cm³/mol. The number of piperazine rings is 1. The van der Waals surface area contributed by atoms with Gasteiger partial charge in [0, 0.05) is 39.8 Å². The van der Waals surface area contributed by atoms with Gasteiger partial charge in [0.05, 0.1) is 5.92 Å². The molecule has 2 heterocycles. The van der Waals surface area contributed by atoms with Crippen LogP contribution in [0.5, 0.6) is 0 Å². The average Bonchev–Trinajstić information content (AvgIpc) is 2.48. The van der Waals surface area contributed by atoms with Crippen molar-refractivity contribution in [1.82, 2.24) is 15.1 Å². The summed E-state index contributed by atoms with van der Waals surface area (Å²) in [4.78, 5) is 27.6. The minimum atomic E-state index is 0. The van der Waals surface area contributed by atoms with E-state index in [-0.39, 0.29) is 36.7 Å². The Morgan fingerprint density at radius 1 is 1.20 bits per heavy atom. The third kappa shape index (κ3) is 4.33. The second-order valence-electron chi connectivity index (χ2n) is 5.18. The number of hydrogen-bond acceptors (Lipinski definition) is 4. The molecule has 0 aromatic heterocycles. The third-order valence-corrected chi connectivity index (χ3v) is 3.86. The van der Waals surface area contributed by atoms with Crippen LogP contribution in [0.1, 0.15) is 12.8 Å². The molecule has 1 unspecified atom stereocenters. The van der Waals surface area contributed by atoms with E-state index in [1.165, 1.54) is 7.11 Å². The Labute approximate surface area is 126 Å². The molecule has 116 valence electrons. The number of piperidine rings is 1. The molecule has 0 bridgehead atoms. The molecular weight excluding hydrogens is 282 g/mol. The van der Waals surface area contributed by atoms with E-state index in [1.807, 2.05) is 4.90 Å². The van der Waals surface area contributed by atoms with E-state index in [0.717, 1.165) is 25.9 Å². The molecule has 0 saturated carbocycles. The first-order valence-corrected chi connectivity index (χ1v) is 6.98. The van der Waals surface area contributed by atoms with Gasteiger partial charge in [-0.1, -0.05) is 0 Å². The molecule has 0 aliphatic carbocycles. The van der Waals surface area contributed by atoms with Gasteiger partial charge in [0.25, 0.3) is 0 Å². The van der Waals surface area contributed by atoms with Crippen LogP contribution in [0.15, 0.2) is 0 Å². The molecule has 2 aliphatic rings. The summed E-state index contributed by atoms with van der Waals surface area (Å²) in [6.45, 7) is 4.46. The number of nitrogens with zero attached hydrogens (tertiary/aromatic N) is 2. The molecule has 1 N–H and O–H groups in total. The summed E-state index contributed by atoms with van der Waals surface area (Å²) < 4.78 is 4.85. The summed E-state index contributed by atoms with van der Waals surface area (Å²) in [6.07, 6.45) is 2.05. The van der Waals surface area contributed by atoms with E-state index in [1.54, 1.807) is 4.90 Å². The maximum absolute atomic E-state index is 12.3. The number of rotatable bonds is 3.